The molecule has 24 heavy (non-hydrogen) atoms. The van der Waals surface area contributed by atoms with Crippen LogP contribution in [-0.4, -0.2) is 40.4 Å². The molecular formula is C18H19ClN2O3. The Hall–Kier alpha value is -2.27. The Morgan fingerprint density at radius 2 is 2.08 bits per heavy atom. The summed E-state index contributed by atoms with van der Waals surface area (Å²) in [6, 6.07) is 8.90. The van der Waals surface area contributed by atoms with Crippen molar-refractivity contribution in [2.75, 3.05) is 13.1 Å². The number of aryl methyl sites for hydroxylation is 1. The van der Waals surface area contributed by atoms with E-state index < -0.39 is 0 Å². The number of halogens is 1. The lowest BCUT2D eigenvalue weighted by atomic mass is 10.2. The van der Waals surface area contributed by atoms with Crippen LogP contribution in [0.4, 0.5) is 0 Å². The summed E-state index contributed by atoms with van der Waals surface area (Å²) in [7, 11) is 1.77. The number of amides is 1. The van der Waals surface area contributed by atoms with Crippen molar-refractivity contribution in [1.82, 2.24) is 9.47 Å². The fourth-order valence-corrected chi connectivity index (χ4v) is 3.05. The number of carbonyl (C=O) groups excluding carboxylic acids is 2. The Balaban J connectivity index is 1.67. The van der Waals surface area contributed by atoms with Gasteiger partial charge in [0.1, 0.15) is 17.5 Å². The van der Waals surface area contributed by atoms with E-state index in [1.165, 1.54) is 6.92 Å². The number of rotatable bonds is 4. The van der Waals surface area contributed by atoms with Crippen LogP contribution in [0, 0.1) is 0 Å². The third-order valence-corrected chi connectivity index (χ3v) is 4.40. The second-order valence-electron chi connectivity index (χ2n) is 6.02. The summed E-state index contributed by atoms with van der Waals surface area (Å²) in [6.07, 6.45) is 2.40. The molecule has 1 aliphatic heterocycles. The van der Waals surface area contributed by atoms with E-state index in [-0.39, 0.29) is 17.8 Å². The minimum Gasteiger partial charge on any atom is -0.488 e. The molecule has 6 heteroatoms. The van der Waals surface area contributed by atoms with Gasteiger partial charge in [0.2, 0.25) is 0 Å². The van der Waals surface area contributed by atoms with Gasteiger partial charge in [-0.1, -0.05) is 17.7 Å². The first-order valence-corrected chi connectivity index (χ1v) is 8.20. The summed E-state index contributed by atoms with van der Waals surface area (Å²) < 4.78 is 7.61. The van der Waals surface area contributed by atoms with E-state index in [1.807, 2.05) is 12.1 Å². The molecular weight excluding hydrogens is 328 g/mol. The molecule has 5 nitrogen and oxygen atoms in total. The van der Waals surface area contributed by atoms with E-state index in [0.29, 0.717) is 35.1 Å². The van der Waals surface area contributed by atoms with Crippen LogP contribution in [0.5, 0.6) is 5.75 Å². The second-order valence-corrected chi connectivity index (χ2v) is 6.45. The van der Waals surface area contributed by atoms with Crippen LogP contribution in [0.2, 0.25) is 5.02 Å². The lowest BCUT2D eigenvalue weighted by Gasteiger charge is -2.17. The zero-order valence-electron chi connectivity index (χ0n) is 13.7. The van der Waals surface area contributed by atoms with Crippen LogP contribution in [0.3, 0.4) is 0 Å². The SMILES string of the molecule is CC(=O)c1cc(C(=O)N2CC[C@@H](Oc3cccc(Cl)c3)C2)n(C)c1. The van der Waals surface area contributed by atoms with Crippen LogP contribution in [0.15, 0.2) is 36.5 Å². The standard InChI is InChI=1S/C18H19ClN2O3/c1-12(22)13-8-17(20(2)10-13)18(23)21-7-6-16(11-21)24-15-5-3-4-14(19)9-15/h3-5,8-10,16H,6-7,11H2,1-2H3/t16-/m1/s1. The van der Waals surface area contributed by atoms with Crippen molar-refractivity contribution < 1.29 is 14.3 Å². The summed E-state index contributed by atoms with van der Waals surface area (Å²) in [4.78, 5) is 25.9. The topological polar surface area (TPSA) is 51.5 Å². The van der Waals surface area contributed by atoms with Gasteiger partial charge in [-0.25, -0.2) is 0 Å². The molecule has 126 valence electrons. The molecule has 1 aromatic carbocycles. The number of hydrogen-bond acceptors (Lipinski definition) is 3. The van der Waals surface area contributed by atoms with E-state index >= 15 is 0 Å². The fraction of sp³-hybridized carbons (Fsp3) is 0.333. The van der Waals surface area contributed by atoms with Crippen molar-refractivity contribution in [2.45, 2.75) is 19.4 Å². The van der Waals surface area contributed by atoms with Gasteiger partial charge in [-0.15, -0.1) is 0 Å². The molecule has 0 N–H and O–H groups in total. The highest BCUT2D eigenvalue weighted by Gasteiger charge is 2.29. The molecule has 0 bridgehead atoms. The third-order valence-electron chi connectivity index (χ3n) is 4.16. The molecule has 0 aliphatic carbocycles. The van der Waals surface area contributed by atoms with Crippen molar-refractivity contribution in [2.24, 2.45) is 7.05 Å². The largest absolute Gasteiger partial charge is 0.488 e. The van der Waals surface area contributed by atoms with E-state index in [2.05, 4.69) is 0 Å². The van der Waals surface area contributed by atoms with Crippen molar-refractivity contribution in [3.8, 4) is 5.75 Å². The van der Waals surface area contributed by atoms with Gasteiger partial charge in [0.05, 0.1) is 6.54 Å². The predicted octanol–water partition coefficient (Wildman–Crippen LogP) is 3.17. The first-order chi connectivity index (χ1) is 11.4. The Morgan fingerprint density at radius 1 is 1.29 bits per heavy atom. The molecule has 0 saturated carbocycles. The molecule has 3 rings (SSSR count). The Bertz CT molecular complexity index is 784. The number of ether oxygens (including phenoxy) is 1. The van der Waals surface area contributed by atoms with Crippen molar-refractivity contribution in [1.29, 1.82) is 0 Å². The molecule has 0 radical (unpaired) electrons. The maximum atomic E-state index is 12.7. The third kappa shape index (κ3) is 3.46. The minimum absolute atomic E-state index is 0.0479. The molecule has 1 saturated heterocycles. The minimum atomic E-state index is -0.0813. The highest BCUT2D eigenvalue weighted by molar-refractivity contribution is 6.30. The number of nitrogens with zero attached hydrogens (tertiary/aromatic N) is 2. The predicted molar refractivity (Wildman–Crippen MR) is 91.8 cm³/mol. The fourth-order valence-electron chi connectivity index (χ4n) is 2.87. The van der Waals surface area contributed by atoms with Gasteiger partial charge in [0.15, 0.2) is 5.78 Å². The molecule has 0 unspecified atom stereocenters. The lowest BCUT2D eigenvalue weighted by Crippen LogP contribution is -2.32. The second kappa shape index (κ2) is 6.69. The number of carbonyl (C=O) groups is 2. The highest BCUT2D eigenvalue weighted by Crippen LogP contribution is 2.23. The molecule has 0 spiro atoms. The van der Waals surface area contributed by atoms with Gasteiger partial charge in [-0.3, -0.25) is 9.59 Å². The molecule has 1 atom stereocenters. The van der Waals surface area contributed by atoms with Crippen LogP contribution in [0.25, 0.3) is 0 Å². The van der Waals surface area contributed by atoms with Gasteiger partial charge in [0.25, 0.3) is 5.91 Å². The molecule has 2 aromatic rings. The number of ketones is 1. The van der Waals surface area contributed by atoms with Gasteiger partial charge in [-0.05, 0) is 31.2 Å². The summed E-state index contributed by atoms with van der Waals surface area (Å²) >= 11 is 5.96. The lowest BCUT2D eigenvalue weighted by molar-refractivity contribution is 0.0763. The van der Waals surface area contributed by atoms with Crippen molar-refractivity contribution in [3.05, 3.63) is 52.8 Å². The van der Waals surface area contributed by atoms with Crippen LogP contribution >= 0.6 is 11.6 Å². The van der Waals surface area contributed by atoms with Crippen molar-refractivity contribution >= 4 is 23.3 Å². The number of benzene rings is 1. The first-order valence-electron chi connectivity index (χ1n) is 7.83. The van der Waals surface area contributed by atoms with Crippen LogP contribution in [0.1, 0.15) is 34.2 Å². The average molecular weight is 347 g/mol. The maximum Gasteiger partial charge on any atom is 0.270 e. The number of aromatic nitrogens is 1. The normalized spacial score (nSPS) is 17.1. The van der Waals surface area contributed by atoms with Crippen molar-refractivity contribution in [3.63, 3.8) is 0 Å². The monoisotopic (exact) mass is 346 g/mol. The quantitative estimate of drug-likeness (QED) is 0.799. The van der Waals surface area contributed by atoms with Crippen LogP contribution < -0.4 is 4.74 Å². The van der Waals surface area contributed by atoms with Gasteiger partial charge < -0.3 is 14.2 Å². The van der Waals surface area contributed by atoms with Gasteiger partial charge in [-0.2, -0.15) is 0 Å². The molecule has 2 heterocycles. The Labute approximate surface area is 145 Å². The molecule has 1 aliphatic rings. The van der Waals surface area contributed by atoms with E-state index in [1.54, 1.807) is 40.9 Å². The molecule has 1 aromatic heterocycles. The van der Waals surface area contributed by atoms with Crippen LogP contribution in [-0.2, 0) is 7.05 Å². The van der Waals surface area contributed by atoms with Gasteiger partial charge in [0, 0.05) is 36.8 Å². The zero-order valence-corrected chi connectivity index (χ0v) is 14.4. The first kappa shape index (κ1) is 16.6. The summed E-state index contributed by atoms with van der Waals surface area (Å²) in [5.41, 5.74) is 1.07. The number of hydrogen-bond donors (Lipinski definition) is 0. The summed E-state index contributed by atoms with van der Waals surface area (Å²) in [6.45, 7) is 2.64. The highest BCUT2D eigenvalue weighted by atomic mass is 35.5. The zero-order chi connectivity index (χ0) is 17.3. The van der Waals surface area contributed by atoms with E-state index in [0.717, 1.165) is 6.42 Å². The Kier molecular flexibility index (Phi) is 4.62. The van der Waals surface area contributed by atoms with Gasteiger partial charge >= 0.3 is 0 Å². The smallest absolute Gasteiger partial charge is 0.270 e. The molecule has 1 fully saturated rings. The van der Waals surface area contributed by atoms with E-state index in [4.69, 9.17) is 16.3 Å². The van der Waals surface area contributed by atoms with E-state index in [9.17, 15) is 9.59 Å². The number of Topliss-reactive ketones (excluding diaryl/α,β-unsaturated/α-hetero) is 1. The maximum absolute atomic E-state index is 12.7. The molecule has 1 amide bonds. The number of likely N-dealkylation sites (tertiary alicyclic amines) is 1. The average Bonchev–Trinajstić information content (AvgIpc) is 3.13. The Morgan fingerprint density at radius 3 is 2.75 bits per heavy atom. The summed E-state index contributed by atoms with van der Waals surface area (Å²) in [5, 5.41) is 0.624. The summed E-state index contributed by atoms with van der Waals surface area (Å²) in [5.74, 6) is 0.579.